The van der Waals surface area contributed by atoms with Gasteiger partial charge in [0.1, 0.15) is 5.52 Å². The van der Waals surface area contributed by atoms with Crippen LogP contribution in [0.4, 0.5) is 5.69 Å². The van der Waals surface area contributed by atoms with Crippen LogP contribution in [0.5, 0.6) is 5.75 Å². The number of aromatic nitrogens is 1. The highest BCUT2D eigenvalue weighted by atomic mass is 35.5. The van der Waals surface area contributed by atoms with E-state index in [0.29, 0.717) is 22.9 Å². The van der Waals surface area contributed by atoms with E-state index in [1.165, 1.54) is 19.2 Å². The number of halogens is 2. The lowest BCUT2D eigenvalue weighted by atomic mass is 10.1. The second-order valence-corrected chi connectivity index (χ2v) is 6.81. The van der Waals surface area contributed by atoms with Gasteiger partial charge in [-0.2, -0.15) is 0 Å². The lowest BCUT2D eigenvalue weighted by molar-refractivity contribution is 0.102. The summed E-state index contributed by atoms with van der Waals surface area (Å²) in [4.78, 5) is 17.0. The minimum absolute atomic E-state index is 0.270. The van der Waals surface area contributed by atoms with Crippen LogP contribution in [0.25, 0.3) is 22.6 Å². The first-order valence-corrected chi connectivity index (χ1v) is 9.11. The Balaban J connectivity index is 1.53. The zero-order chi connectivity index (χ0) is 19.7. The molecule has 0 unspecified atom stereocenters. The first kappa shape index (κ1) is 18.3. The molecule has 7 heteroatoms. The molecule has 1 N–H and O–H groups in total. The van der Waals surface area contributed by atoms with Crippen molar-refractivity contribution in [2.45, 2.75) is 0 Å². The normalized spacial score (nSPS) is 10.8. The van der Waals surface area contributed by atoms with Crippen LogP contribution in [0.1, 0.15) is 10.4 Å². The van der Waals surface area contributed by atoms with E-state index in [-0.39, 0.29) is 16.0 Å². The van der Waals surface area contributed by atoms with Gasteiger partial charge < -0.3 is 14.5 Å². The van der Waals surface area contributed by atoms with Gasteiger partial charge in [-0.3, -0.25) is 4.79 Å². The average Bonchev–Trinajstić information content (AvgIpc) is 3.12. The average molecular weight is 413 g/mol. The van der Waals surface area contributed by atoms with Crippen LogP contribution in [0.2, 0.25) is 10.0 Å². The van der Waals surface area contributed by atoms with E-state index in [4.69, 9.17) is 32.4 Å². The lowest BCUT2D eigenvalue weighted by Gasteiger charge is -2.09. The predicted molar refractivity (Wildman–Crippen MR) is 110 cm³/mol. The molecule has 28 heavy (non-hydrogen) atoms. The smallest absolute Gasteiger partial charge is 0.255 e. The van der Waals surface area contributed by atoms with Crippen LogP contribution < -0.4 is 10.1 Å². The van der Waals surface area contributed by atoms with Gasteiger partial charge in [0, 0.05) is 16.8 Å². The number of hydrogen-bond donors (Lipinski definition) is 1. The minimum Gasteiger partial charge on any atom is -0.494 e. The van der Waals surface area contributed by atoms with Crippen molar-refractivity contribution in [3.8, 4) is 17.2 Å². The number of fused-ring (bicyclic) bond motifs is 1. The summed E-state index contributed by atoms with van der Waals surface area (Å²) < 4.78 is 10.8. The number of nitrogens with zero attached hydrogens (tertiary/aromatic N) is 1. The maximum absolute atomic E-state index is 12.5. The number of hydrogen-bond acceptors (Lipinski definition) is 4. The monoisotopic (exact) mass is 412 g/mol. The van der Waals surface area contributed by atoms with Gasteiger partial charge in [-0.05, 0) is 48.5 Å². The summed E-state index contributed by atoms with van der Waals surface area (Å²) in [6.45, 7) is 0. The second-order valence-electron chi connectivity index (χ2n) is 5.99. The van der Waals surface area contributed by atoms with E-state index in [1.807, 2.05) is 36.4 Å². The molecule has 1 aromatic heterocycles. The summed E-state index contributed by atoms with van der Waals surface area (Å²) in [6, 6.07) is 17.8. The molecule has 4 rings (SSSR count). The Hall–Kier alpha value is -3.02. The van der Waals surface area contributed by atoms with Crippen LogP contribution >= 0.6 is 23.2 Å². The highest BCUT2D eigenvalue weighted by Crippen LogP contribution is 2.34. The number of carbonyl (C=O) groups excluding carboxylic acids is 1. The Bertz CT molecular complexity index is 1110. The molecule has 1 amide bonds. The van der Waals surface area contributed by atoms with Gasteiger partial charge in [0.05, 0.1) is 17.2 Å². The van der Waals surface area contributed by atoms with Crippen molar-refractivity contribution >= 4 is 45.9 Å². The van der Waals surface area contributed by atoms with Crippen LogP contribution in [0, 0.1) is 0 Å². The summed E-state index contributed by atoms with van der Waals surface area (Å²) in [5, 5.41) is 3.35. The molecule has 0 radical (unpaired) electrons. The first-order chi connectivity index (χ1) is 13.5. The molecule has 5 nitrogen and oxygen atoms in total. The molecule has 0 aliphatic carbocycles. The number of oxazole rings is 1. The van der Waals surface area contributed by atoms with Crippen molar-refractivity contribution in [2.75, 3.05) is 12.4 Å². The number of para-hydroxylation sites is 2. The molecular formula is C21H14Cl2N2O3. The highest BCUT2D eigenvalue weighted by molar-refractivity contribution is 6.37. The summed E-state index contributed by atoms with van der Waals surface area (Å²) in [7, 11) is 1.46. The molecular weight excluding hydrogens is 399 g/mol. The number of benzene rings is 3. The van der Waals surface area contributed by atoms with Gasteiger partial charge in [0.2, 0.25) is 5.89 Å². The molecule has 140 valence electrons. The molecule has 0 fully saturated rings. The number of methoxy groups -OCH3 is 1. The van der Waals surface area contributed by atoms with Gasteiger partial charge in [-0.25, -0.2) is 4.98 Å². The lowest BCUT2D eigenvalue weighted by Crippen LogP contribution is -2.12. The number of anilines is 1. The maximum Gasteiger partial charge on any atom is 0.255 e. The Morgan fingerprint density at radius 2 is 1.71 bits per heavy atom. The number of amides is 1. The summed E-state index contributed by atoms with van der Waals surface area (Å²) in [5.74, 6) is 0.524. The second kappa shape index (κ2) is 7.54. The standard InChI is InChI=1S/C21H14Cl2N2O3/c1-27-19-15(22)10-13(11-16(19)23)20(26)24-14-8-6-12(7-9-14)21-25-17-4-2-3-5-18(17)28-21/h2-11H,1H3,(H,24,26). The van der Waals surface area contributed by atoms with Crippen LogP contribution in [-0.4, -0.2) is 18.0 Å². The first-order valence-electron chi connectivity index (χ1n) is 8.35. The van der Waals surface area contributed by atoms with Crippen molar-refractivity contribution in [2.24, 2.45) is 0 Å². The third-order valence-corrected chi connectivity index (χ3v) is 4.71. The fourth-order valence-corrected chi connectivity index (χ4v) is 3.42. The third kappa shape index (κ3) is 3.54. The predicted octanol–water partition coefficient (Wildman–Crippen LogP) is 6.06. The number of rotatable bonds is 4. The van der Waals surface area contributed by atoms with Gasteiger partial charge in [0.15, 0.2) is 11.3 Å². The van der Waals surface area contributed by atoms with Crippen molar-refractivity contribution in [3.63, 3.8) is 0 Å². The number of ether oxygens (including phenoxy) is 1. The van der Waals surface area contributed by atoms with Crippen molar-refractivity contribution in [1.82, 2.24) is 4.98 Å². The van der Waals surface area contributed by atoms with Crippen molar-refractivity contribution in [3.05, 3.63) is 76.3 Å². The molecule has 1 heterocycles. The largest absolute Gasteiger partial charge is 0.494 e. The molecule has 0 spiro atoms. The van der Waals surface area contributed by atoms with Crippen molar-refractivity contribution < 1.29 is 13.9 Å². The quantitative estimate of drug-likeness (QED) is 0.442. The van der Waals surface area contributed by atoms with Gasteiger partial charge in [0.25, 0.3) is 5.91 Å². The van der Waals surface area contributed by atoms with Crippen LogP contribution in [-0.2, 0) is 0 Å². The molecule has 0 saturated carbocycles. The molecule has 0 aliphatic rings. The highest BCUT2D eigenvalue weighted by Gasteiger charge is 2.14. The molecule has 0 bridgehead atoms. The van der Waals surface area contributed by atoms with E-state index in [9.17, 15) is 4.79 Å². The van der Waals surface area contributed by atoms with Crippen LogP contribution in [0.3, 0.4) is 0 Å². The van der Waals surface area contributed by atoms with Gasteiger partial charge in [-0.15, -0.1) is 0 Å². The SMILES string of the molecule is COc1c(Cl)cc(C(=O)Nc2ccc(-c3nc4ccccc4o3)cc2)cc1Cl. The van der Waals surface area contributed by atoms with Crippen LogP contribution in [0.15, 0.2) is 65.1 Å². The Morgan fingerprint density at radius 3 is 2.36 bits per heavy atom. The van der Waals surface area contributed by atoms with E-state index < -0.39 is 0 Å². The Kier molecular flexibility index (Phi) is 4.94. The summed E-state index contributed by atoms with van der Waals surface area (Å²) >= 11 is 12.2. The van der Waals surface area contributed by atoms with E-state index in [1.54, 1.807) is 12.1 Å². The summed E-state index contributed by atoms with van der Waals surface area (Å²) in [5.41, 5.74) is 3.28. The Labute approximate surface area is 170 Å². The molecule has 3 aromatic carbocycles. The fourth-order valence-electron chi connectivity index (χ4n) is 2.78. The molecule has 0 aliphatic heterocycles. The van der Waals surface area contributed by atoms with Gasteiger partial charge >= 0.3 is 0 Å². The van der Waals surface area contributed by atoms with E-state index >= 15 is 0 Å². The topological polar surface area (TPSA) is 64.4 Å². The van der Waals surface area contributed by atoms with Gasteiger partial charge in [-0.1, -0.05) is 35.3 Å². The minimum atomic E-state index is -0.332. The fraction of sp³-hybridized carbons (Fsp3) is 0.0476. The zero-order valence-corrected chi connectivity index (χ0v) is 16.2. The van der Waals surface area contributed by atoms with E-state index in [0.717, 1.165) is 16.7 Å². The third-order valence-electron chi connectivity index (χ3n) is 4.15. The number of carbonyl (C=O) groups is 1. The van der Waals surface area contributed by atoms with E-state index in [2.05, 4.69) is 10.3 Å². The maximum atomic E-state index is 12.5. The van der Waals surface area contributed by atoms with Crippen molar-refractivity contribution in [1.29, 1.82) is 0 Å². The molecule has 0 saturated heterocycles. The molecule has 0 atom stereocenters. The zero-order valence-electron chi connectivity index (χ0n) is 14.7. The Morgan fingerprint density at radius 1 is 1.04 bits per heavy atom. The summed E-state index contributed by atoms with van der Waals surface area (Å²) in [6.07, 6.45) is 0. The number of nitrogens with one attached hydrogen (secondary N) is 1. The molecule has 4 aromatic rings.